The van der Waals surface area contributed by atoms with Crippen LogP contribution >= 0.6 is 0 Å². The highest BCUT2D eigenvalue weighted by atomic mass is 15.3. The van der Waals surface area contributed by atoms with Crippen LogP contribution in [0.1, 0.15) is 25.7 Å². The van der Waals surface area contributed by atoms with Gasteiger partial charge in [0.15, 0.2) is 5.82 Å². The van der Waals surface area contributed by atoms with Crippen LogP contribution in [0.4, 0.5) is 5.82 Å². The number of benzene rings is 1. The van der Waals surface area contributed by atoms with E-state index in [0.29, 0.717) is 0 Å². The summed E-state index contributed by atoms with van der Waals surface area (Å²) < 4.78 is 0. The number of nitrogens with one attached hydrogen (secondary N) is 1. The highest BCUT2D eigenvalue weighted by Gasteiger charge is 2.25. The van der Waals surface area contributed by atoms with Gasteiger partial charge < -0.3 is 10.2 Å². The lowest BCUT2D eigenvalue weighted by Crippen LogP contribution is -2.40. The summed E-state index contributed by atoms with van der Waals surface area (Å²) in [6.45, 7) is 3.35. The average molecular weight is 282 g/mol. The normalized spacial score (nSPS) is 22.7. The molecular formula is C17H22N4. The van der Waals surface area contributed by atoms with E-state index in [9.17, 15) is 0 Å². The number of fused-ring (bicyclic) bond motifs is 1. The van der Waals surface area contributed by atoms with Crippen molar-refractivity contribution in [2.45, 2.75) is 31.7 Å². The Morgan fingerprint density at radius 2 is 2.10 bits per heavy atom. The largest absolute Gasteiger partial charge is 0.354 e. The molecule has 1 saturated heterocycles. The molecule has 110 valence electrons. The van der Waals surface area contributed by atoms with Crippen molar-refractivity contribution < 1.29 is 0 Å². The molecule has 1 aromatic carbocycles. The Labute approximate surface area is 125 Å². The minimum atomic E-state index is 0.736. The van der Waals surface area contributed by atoms with Crippen LogP contribution in [0.5, 0.6) is 0 Å². The van der Waals surface area contributed by atoms with Crippen LogP contribution in [0.2, 0.25) is 0 Å². The fourth-order valence-electron chi connectivity index (χ4n) is 3.29. The maximum atomic E-state index is 4.43. The first-order valence-corrected chi connectivity index (χ1v) is 8.09. The number of nitrogens with zero attached hydrogens (tertiary/aromatic N) is 3. The lowest BCUT2D eigenvalue weighted by Gasteiger charge is -2.34. The van der Waals surface area contributed by atoms with Crippen molar-refractivity contribution in [3.8, 4) is 0 Å². The Morgan fingerprint density at radius 1 is 1.19 bits per heavy atom. The predicted octanol–water partition coefficient (Wildman–Crippen LogP) is 2.60. The second-order valence-electron chi connectivity index (χ2n) is 6.39. The van der Waals surface area contributed by atoms with Gasteiger partial charge in [0.25, 0.3) is 0 Å². The summed E-state index contributed by atoms with van der Waals surface area (Å²) in [7, 11) is 0. The van der Waals surface area contributed by atoms with Gasteiger partial charge in [-0.25, -0.2) is 0 Å². The number of hydrogen-bond donors (Lipinski definition) is 1. The second-order valence-corrected chi connectivity index (χ2v) is 6.39. The summed E-state index contributed by atoms with van der Waals surface area (Å²) in [5.41, 5.74) is 0. The molecule has 0 amide bonds. The number of rotatable bonds is 4. The van der Waals surface area contributed by atoms with Crippen molar-refractivity contribution in [1.82, 2.24) is 15.5 Å². The third-order valence-electron chi connectivity index (χ3n) is 4.64. The molecule has 2 aromatic rings. The van der Waals surface area contributed by atoms with E-state index in [1.54, 1.807) is 0 Å². The van der Waals surface area contributed by atoms with Gasteiger partial charge in [-0.15, -0.1) is 5.10 Å². The SMILES string of the molecule is c1ccc2c(N3CCCC(CNC4CC4)C3)nncc2c1. The zero-order chi connectivity index (χ0) is 14.1. The molecule has 1 saturated carbocycles. The third-order valence-corrected chi connectivity index (χ3v) is 4.64. The molecule has 21 heavy (non-hydrogen) atoms. The van der Waals surface area contributed by atoms with Crippen LogP contribution in [0, 0.1) is 5.92 Å². The first kappa shape index (κ1) is 13.0. The van der Waals surface area contributed by atoms with Crippen LogP contribution in [0.3, 0.4) is 0 Å². The highest BCUT2D eigenvalue weighted by Crippen LogP contribution is 2.28. The Morgan fingerprint density at radius 3 is 3.00 bits per heavy atom. The Hall–Kier alpha value is -1.68. The fraction of sp³-hybridized carbons (Fsp3) is 0.529. The van der Waals surface area contributed by atoms with Crippen molar-refractivity contribution >= 4 is 16.6 Å². The molecule has 0 bridgehead atoms. The molecule has 1 aromatic heterocycles. The molecule has 0 spiro atoms. The maximum Gasteiger partial charge on any atom is 0.159 e. The zero-order valence-electron chi connectivity index (χ0n) is 12.3. The van der Waals surface area contributed by atoms with E-state index >= 15 is 0 Å². The fourth-order valence-corrected chi connectivity index (χ4v) is 3.29. The molecule has 1 atom stereocenters. The average Bonchev–Trinajstić information content (AvgIpc) is 3.37. The van der Waals surface area contributed by atoms with E-state index in [-0.39, 0.29) is 0 Å². The van der Waals surface area contributed by atoms with Crippen LogP contribution in [0.15, 0.2) is 30.5 Å². The van der Waals surface area contributed by atoms with Crippen molar-refractivity contribution in [2.75, 3.05) is 24.5 Å². The molecule has 2 heterocycles. The quantitative estimate of drug-likeness (QED) is 0.936. The van der Waals surface area contributed by atoms with E-state index < -0.39 is 0 Å². The Kier molecular flexibility index (Phi) is 3.47. The maximum absolute atomic E-state index is 4.43. The topological polar surface area (TPSA) is 41.0 Å². The van der Waals surface area contributed by atoms with E-state index in [1.807, 2.05) is 6.20 Å². The summed E-state index contributed by atoms with van der Waals surface area (Å²) in [6.07, 6.45) is 7.17. The van der Waals surface area contributed by atoms with E-state index in [0.717, 1.165) is 37.4 Å². The van der Waals surface area contributed by atoms with E-state index in [4.69, 9.17) is 0 Å². The first-order valence-electron chi connectivity index (χ1n) is 8.09. The van der Waals surface area contributed by atoms with Crippen molar-refractivity contribution in [1.29, 1.82) is 0 Å². The molecule has 0 radical (unpaired) electrons. The summed E-state index contributed by atoms with van der Waals surface area (Å²) in [6, 6.07) is 9.23. The monoisotopic (exact) mass is 282 g/mol. The van der Waals surface area contributed by atoms with E-state index in [2.05, 4.69) is 44.7 Å². The minimum absolute atomic E-state index is 0.736. The van der Waals surface area contributed by atoms with Gasteiger partial charge in [-0.1, -0.05) is 24.3 Å². The molecule has 4 rings (SSSR count). The summed E-state index contributed by atoms with van der Waals surface area (Å²) in [5.74, 6) is 1.80. The molecule has 1 aliphatic heterocycles. The van der Waals surface area contributed by atoms with Crippen LogP contribution in [-0.4, -0.2) is 35.9 Å². The van der Waals surface area contributed by atoms with E-state index in [1.165, 1.54) is 36.5 Å². The van der Waals surface area contributed by atoms with Gasteiger partial charge >= 0.3 is 0 Å². The molecule has 2 fully saturated rings. The lowest BCUT2D eigenvalue weighted by molar-refractivity contribution is 0.389. The highest BCUT2D eigenvalue weighted by molar-refractivity contribution is 5.91. The van der Waals surface area contributed by atoms with Gasteiger partial charge in [-0.05, 0) is 38.1 Å². The number of aromatic nitrogens is 2. The molecule has 1 aliphatic carbocycles. The van der Waals surface area contributed by atoms with Gasteiger partial charge in [-0.3, -0.25) is 0 Å². The molecular weight excluding hydrogens is 260 g/mol. The summed E-state index contributed by atoms with van der Waals surface area (Å²) >= 11 is 0. The molecule has 2 aliphatic rings. The Bertz CT molecular complexity index is 618. The van der Waals surface area contributed by atoms with Gasteiger partial charge in [0.1, 0.15) is 0 Å². The van der Waals surface area contributed by atoms with Crippen LogP contribution < -0.4 is 10.2 Å². The third kappa shape index (κ3) is 2.86. The van der Waals surface area contributed by atoms with Crippen molar-refractivity contribution in [2.24, 2.45) is 5.92 Å². The van der Waals surface area contributed by atoms with Gasteiger partial charge in [0.05, 0.1) is 6.20 Å². The minimum Gasteiger partial charge on any atom is -0.354 e. The number of anilines is 1. The molecule has 1 N–H and O–H groups in total. The second kappa shape index (κ2) is 5.60. The molecule has 4 nitrogen and oxygen atoms in total. The van der Waals surface area contributed by atoms with Gasteiger partial charge in [0, 0.05) is 29.9 Å². The predicted molar refractivity (Wildman–Crippen MR) is 85.5 cm³/mol. The summed E-state index contributed by atoms with van der Waals surface area (Å²) in [4.78, 5) is 2.43. The zero-order valence-corrected chi connectivity index (χ0v) is 12.3. The smallest absolute Gasteiger partial charge is 0.159 e. The van der Waals surface area contributed by atoms with Crippen molar-refractivity contribution in [3.63, 3.8) is 0 Å². The molecule has 4 heteroatoms. The van der Waals surface area contributed by atoms with Crippen molar-refractivity contribution in [3.05, 3.63) is 30.5 Å². The van der Waals surface area contributed by atoms with Gasteiger partial charge in [0.2, 0.25) is 0 Å². The van der Waals surface area contributed by atoms with Crippen LogP contribution in [-0.2, 0) is 0 Å². The Balaban J connectivity index is 1.53. The van der Waals surface area contributed by atoms with Crippen LogP contribution in [0.25, 0.3) is 10.8 Å². The molecule has 1 unspecified atom stereocenters. The standard InChI is InChI=1S/C17H22N4/c1-2-6-16-14(5-1)11-19-20-17(16)21-9-3-4-13(12-21)10-18-15-7-8-15/h1-2,5-6,11,13,15,18H,3-4,7-10,12H2. The summed E-state index contributed by atoms with van der Waals surface area (Å²) in [5, 5.41) is 14.7. The number of piperidine rings is 1. The number of hydrogen-bond acceptors (Lipinski definition) is 4. The van der Waals surface area contributed by atoms with Gasteiger partial charge in [-0.2, -0.15) is 5.10 Å². The first-order chi connectivity index (χ1) is 10.4. The lowest BCUT2D eigenvalue weighted by atomic mass is 9.97.